The molecule has 118 valence electrons. The molecule has 0 amide bonds. The van der Waals surface area contributed by atoms with Gasteiger partial charge in [-0.05, 0) is 79.5 Å². The molecule has 0 spiro atoms. The normalized spacial score (nSPS) is 20.6. The van der Waals surface area contributed by atoms with E-state index < -0.39 is 0 Å². The van der Waals surface area contributed by atoms with E-state index in [4.69, 9.17) is 0 Å². The first-order chi connectivity index (χ1) is 11.2. The van der Waals surface area contributed by atoms with Crippen molar-refractivity contribution in [1.29, 1.82) is 0 Å². The summed E-state index contributed by atoms with van der Waals surface area (Å²) in [7, 11) is 0. The van der Waals surface area contributed by atoms with Gasteiger partial charge in [0.25, 0.3) is 0 Å². The van der Waals surface area contributed by atoms with Crippen molar-refractivity contribution in [3.8, 4) is 11.8 Å². The summed E-state index contributed by atoms with van der Waals surface area (Å²) < 4.78 is 12.9. The Balaban J connectivity index is 1.65. The lowest BCUT2D eigenvalue weighted by Gasteiger charge is -2.28. The molecule has 3 rings (SSSR count). The van der Waals surface area contributed by atoms with Crippen molar-refractivity contribution in [3.05, 3.63) is 71.0 Å². The number of benzene rings is 2. The van der Waals surface area contributed by atoms with Crippen LogP contribution in [0.4, 0.5) is 4.39 Å². The summed E-state index contributed by atoms with van der Waals surface area (Å²) in [6.45, 7) is 2.31. The SMILES string of the molecule is CCC1CCC(c2ccc(C#Cc3ccc(F)cc3)cc2)CC1. The zero-order chi connectivity index (χ0) is 16.1. The molecule has 0 radical (unpaired) electrons. The van der Waals surface area contributed by atoms with E-state index in [1.165, 1.54) is 49.8 Å². The highest BCUT2D eigenvalue weighted by atomic mass is 19.1. The maximum Gasteiger partial charge on any atom is 0.123 e. The van der Waals surface area contributed by atoms with Crippen LogP contribution in [0.5, 0.6) is 0 Å². The molecule has 1 aliphatic carbocycles. The summed E-state index contributed by atoms with van der Waals surface area (Å²) in [5.74, 6) is 7.67. The molecule has 0 saturated heterocycles. The second-order valence-corrected chi connectivity index (χ2v) is 6.50. The maximum atomic E-state index is 12.9. The lowest BCUT2D eigenvalue weighted by molar-refractivity contribution is 0.319. The van der Waals surface area contributed by atoms with Gasteiger partial charge in [0.1, 0.15) is 5.82 Å². The molecule has 1 saturated carbocycles. The predicted octanol–water partition coefficient (Wildman–Crippen LogP) is 5.91. The Morgan fingerprint density at radius 3 is 1.87 bits per heavy atom. The van der Waals surface area contributed by atoms with E-state index >= 15 is 0 Å². The van der Waals surface area contributed by atoms with Gasteiger partial charge >= 0.3 is 0 Å². The van der Waals surface area contributed by atoms with Crippen molar-refractivity contribution in [2.45, 2.75) is 44.9 Å². The molecular formula is C22H23F. The molecule has 23 heavy (non-hydrogen) atoms. The third-order valence-corrected chi connectivity index (χ3v) is 5.00. The zero-order valence-electron chi connectivity index (χ0n) is 13.7. The lowest BCUT2D eigenvalue weighted by Crippen LogP contribution is -2.12. The van der Waals surface area contributed by atoms with Crippen LogP contribution in [0, 0.1) is 23.6 Å². The van der Waals surface area contributed by atoms with E-state index in [-0.39, 0.29) is 5.82 Å². The quantitative estimate of drug-likeness (QED) is 0.605. The summed E-state index contributed by atoms with van der Waals surface area (Å²) in [6.07, 6.45) is 6.70. The largest absolute Gasteiger partial charge is 0.207 e. The van der Waals surface area contributed by atoms with Gasteiger partial charge in [-0.3, -0.25) is 0 Å². The highest BCUT2D eigenvalue weighted by molar-refractivity contribution is 5.43. The average Bonchev–Trinajstić information content (AvgIpc) is 2.62. The standard InChI is InChI=1S/C22H23F/c1-2-17-5-11-20(12-6-17)21-13-7-18(8-14-21)3-4-19-9-15-22(23)16-10-19/h7-10,13-17,20H,2,5-6,11-12H2,1H3. The molecule has 2 aromatic carbocycles. The fraction of sp³-hybridized carbons (Fsp3) is 0.364. The Hall–Kier alpha value is -2.07. The highest BCUT2D eigenvalue weighted by Crippen LogP contribution is 2.36. The van der Waals surface area contributed by atoms with E-state index in [1.54, 1.807) is 12.1 Å². The third kappa shape index (κ3) is 4.23. The molecule has 1 aliphatic rings. The molecule has 0 bridgehead atoms. The topological polar surface area (TPSA) is 0 Å². The highest BCUT2D eigenvalue weighted by Gasteiger charge is 2.20. The van der Waals surface area contributed by atoms with Crippen LogP contribution in [0.3, 0.4) is 0 Å². The monoisotopic (exact) mass is 306 g/mol. The average molecular weight is 306 g/mol. The Kier molecular flexibility index (Phi) is 5.13. The van der Waals surface area contributed by atoms with Crippen LogP contribution in [0.15, 0.2) is 48.5 Å². The molecule has 0 N–H and O–H groups in total. The number of hydrogen-bond donors (Lipinski definition) is 0. The summed E-state index contributed by atoms with van der Waals surface area (Å²) in [5.41, 5.74) is 3.31. The van der Waals surface area contributed by atoms with Crippen LogP contribution in [-0.4, -0.2) is 0 Å². The molecule has 0 unspecified atom stereocenters. The zero-order valence-corrected chi connectivity index (χ0v) is 13.7. The van der Waals surface area contributed by atoms with Crippen LogP contribution < -0.4 is 0 Å². The van der Waals surface area contributed by atoms with Gasteiger partial charge in [0.15, 0.2) is 0 Å². The van der Waals surface area contributed by atoms with Crippen molar-refractivity contribution in [2.75, 3.05) is 0 Å². The van der Waals surface area contributed by atoms with E-state index in [1.807, 2.05) is 0 Å². The van der Waals surface area contributed by atoms with Gasteiger partial charge in [0.05, 0.1) is 0 Å². The van der Waals surface area contributed by atoms with Crippen molar-refractivity contribution < 1.29 is 4.39 Å². The minimum atomic E-state index is -0.224. The molecular weight excluding hydrogens is 283 g/mol. The van der Waals surface area contributed by atoms with E-state index in [0.29, 0.717) is 0 Å². The molecule has 2 aromatic rings. The van der Waals surface area contributed by atoms with Crippen molar-refractivity contribution in [2.24, 2.45) is 5.92 Å². The number of halogens is 1. The van der Waals surface area contributed by atoms with Gasteiger partial charge in [0, 0.05) is 11.1 Å². The van der Waals surface area contributed by atoms with Gasteiger partial charge in [-0.2, -0.15) is 0 Å². The number of rotatable bonds is 2. The Morgan fingerprint density at radius 1 is 0.826 bits per heavy atom. The Bertz CT molecular complexity index is 677. The summed E-state index contributed by atoms with van der Waals surface area (Å²) in [5, 5.41) is 0. The molecule has 1 fully saturated rings. The van der Waals surface area contributed by atoms with Gasteiger partial charge in [0.2, 0.25) is 0 Å². The second kappa shape index (κ2) is 7.47. The molecule has 0 nitrogen and oxygen atoms in total. The van der Waals surface area contributed by atoms with E-state index in [2.05, 4.69) is 43.0 Å². The van der Waals surface area contributed by atoms with Crippen LogP contribution in [0.2, 0.25) is 0 Å². The van der Waals surface area contributed by atoms with Crippen molar-refractivity contribution in [1.82, 2.24) is 0 Å². The smallest absolute Gasteiger partial charge is 0.123 e. The Morgan fingerprint density at radius 2 is 1.35 bits per heavy atom. The Labute approximate surface area is 138 Å². The molecule has 1 heteroatoms. The van der Waals surface area contributed by atoms with Crippen LogP contribution in [0.1, 0.15) is 61.6 Å². The van der Waals surface area contributed by atoms with Gasteiger partial charge in [-0.15, -0.1) is 0 Å². The minimum absolute atomic E-state index is 0.224. The summed E-state index contributed by atoms with van der Waals surface area (Å²) >= 11 is 0. The minimum Gasteiger partial charge on any atom is -0.207 e. The van der Waals surface area contributed by atoms with Crippen molar-refractivity contribution in [3.63, 3.8) is 0 Å². The fourth-order valence-corrected chi connectivity index (χ4v) is 3.42. The summed E-state index contributed by atoms with van der Waals surface area (Å²) in [6, 6.07) is 15.0. The lowest BCUT2D eigenvalue weighted by atomic mass is 9.78. The van der Waals surface area contributed by atoms with E-state index in [9.17, 15) is 4.39 Å². The number of hydrogen-bond acceptors (Lipinski definition) is 0. The van der Waals surface area contributed by atoms with Gasteiger partial charge < -0.3 is 0 Å². The van der Waals surface area contributed by atoms with Crippen LogP contribution in [-0.2, 0) is 0 Å². The molecule has 0 aromatic heterocycles. The first kappa shape index (κ1) is 15.8. The van der Waals surface area contributed by atoms with Crippen LogP contribution in [0.25, 0.3) is 0 Å². The van der Waals surface area contributed by atoms with Gasteiger partial charge in [-0.1, -0.05) is 37.3 Å². The fourth-order valence-electron chi connectivity index (χ4n) is 3.42. The first-order valence-electron chi connectivity index (χ1n) is 8.62. The van der Waals surface area contributed by atoms with Crippen molar-refractivity contribution >= 4 is 0 Å². The second-order valence-electron chi connectivity index (χ2n) is 6.50. The van der Waals surface area contributed by atoms with E-state index in [0.717, 1.165) is 23.0 Å². The van der Waals surface area contributed by atoms with Crippen LogP contribution >= 0.6 is 0 Å². The molecule has 0 atom stereocenters. The molecule has 0 heterocycles. The predicted molar refractivity (Wildman–Crippen MR) is 93.8 cm³/mol. The summed E-state index contributed by atoms with van der Waals surface area (Å²) in [4.78, 5) is 0. The maximum absolute atomic E-state index is 12.9. The van der Waals surface area contributed by atoms with Gasteiger partial charge in [-0.25, -0.2) is 4.39 Å². The first-order valence-corrected chi connectivity index (χ1v) is 8.62. The third-order valence-electron chi connectivity index (χ3n) is 5.00. The molecule has 0 aliphatic heterocycles.